The number of nitrogens with one attached hydrogen (secondary N) is 2. The van der Waals surface area contributed by atoms with E-state index in [1.165, 1.54) is 24.1 Å². The van der Waals surface area contributed by atoms with E-state index in [9.17, 15) is 24.1 Å². The molecule has 1 heterocycles. The number of anilines is 1. The number of nitro groups is 1. The Labute approximate surface area is 140 Å². The van der Waals surface area contributed by atoms with Gasteiger partial charge in [0, 0.05) is 25.0 Å². The molecule has 2 aromatic rings. The maximum Gasteiger partial charge on any atom is 0.306 e. The first-order valence-corrected chi connectivity index (χ1v) is 6.91. The fraction of sp³-hybridized carbons (Fsp3) is 0.214. The lowest BCUT2D eigenvalue weighted by atomic mass is 10.2. The van der Waals surface area contributed by atoms with Crippen molar-refractivity contribution in [2.75, 3.05) is 19.0 Å². The molecule has 1 aromatic carbocycles. The molecule has 0 unspecified atom stereocenters. The predicted octanol–water partition coefficient (Wildman–Crippen LogP) is 0.844. The molecule has 0 fully saturated rings. The first-order chi connectivity index (χ1) is 11.8. The van der Waals surface area contributed by atoms with Gasteiger partial charge in [-0.25, -0.2) is 0 Å². The summed E-state index contributed by atoms with van der Waals surface area (Å²) in [4.78, 5) is 33.6. The number of nitrogens with zero attached hydrogens (tertiary/aromatic N) is 3. The summed E-state index contributed by atoms with van der Waals surface area (Å²) in [5.74, 6) is -2.13. The van der Waals surface area contributed by atoms with E-state index in [0.717, 1.165) is 12.1 Å². The summed E-state index contributed by atoms with van der Waals surface area (Å²) < 4.78 is 19.6. The zero-order chi connectivity index (χ0) is 18.6. The Morgan fingerprint density at radius 3 is 2.80 bits per heavy atom. The van der Waals surface area contributed by atoms with Crippen molar-refractivity contribution in [3.63, 3.8) is 0 Å². The second-order valence-corrected chi connectivity index (χ2v) is 4.88. The molecule has 0 saturated carbocycles. The van der Waals surface area contributed by atoms with Crippen molar-refractivity contribution in [2.24, 2.45) is 7.05 Å². The lowest BCUT2D eigenvalue weighted by Gasteiger charge is -2.07. The maximum atomic E-state index is 13.2. The van der Waals surface area contributed by atoms with E-state index >= 15 is 0 Å². The van der Waals surface area contributed by atoms with E-state index in [1.54, 1.807) is 7.05 Å². The van der Waals surface area contributed by atoms with Gasteiger partial charge in [-0.1, -0.05) is 0 Å². The summed E-state index contributed by atoms with van der Waals surface area (Å²) >= 11 is 0. The van der Waals surface area contributed by atoms with E-state index in [2.05, 4.69) is 15.7 Å². The van der Waals surface area contributed by atoms with Crippen LogP contribution in [0.2, 0.25) is 0 Å². The number of halogens is 1. The second kappa shape index (κ2) is 7.38. The molecular weight excluding hydrogens is 337 g/mol. The van der Waals surface area contributed by atoms with Crippen molar-refractivity contribution in [2.45, 2.75) is 0 Å². The van der Waals surface area contributed by atoms with Crippen LogP contribution in [0.25, 0.3) is 0 Å². The number of aryl methyl sites for hydroxylation is 1. The molecule has 0 aliphatic heterocycles. The van der Waals surface area contributed by atoms with E-state index in [4.69, 9.17) is 4.74 Å². The number of hydrogen-bond donors (Lipinski definition) is 2. The van der Waals surface area contributed by atoms with Crippen LogP contribution in [0.4, 0.5) is 15.8 Å². The van der Waals surface area contributed by atoms with Crippen molar-refractivity contribution >= 4 is 23.2 Å². The fourth-order valence-corrected chi connectivity index (χ4v) is 1.97. The van der Waals surface area contributed by atoms with Crippen LogP contribution in [0.1, 0.15) is 10.4 Å². The molecule has 0 aliphatic carbocycles. The quantitative estimate of drug-likeness (QED) is 0.586. The Morgan fingerprint density at radius 2 is 2.16 bits per heavy atom. The van der Waals surface area contributed by atoms with Crippen molar-refractivity contribution < 1.29 is 23.6 Å². The zero-order valence-electron chi connectivity index (χ0n) is 13.3. The average Bonchev–Trinajstić information content (AvgIpc) is 2.95. The highest BCUT2D eigenvalue weighted by atomic mass is 19.1. The highest BCUT2D eigenvalue weighted by molar-refractivity contribution is 6.00. The molecule has 132 valence electrons. The minimum Gasteiger partial charge on any atom is -0.479 e. The average molecular weight is 351 g/mol. The minimum absolute atomic E-state index is 0.0336. The lowest BCUT2D eigenvalue weighted by molar-refractivity contribution is -0.387. The van der Waals surface area contributed by atoms with E-state index in [0.29, 0.717) is 0 Å². The van der Waals surface area contributed by atoms with Crippen molar-refractivity contribution in [1.82, 2.24) is 15.1 Å². The molecule has 2 N–H and O–H groups in total. The van der Waals surface area contributed by atoms with Gasteiger partial charge in [0.25, 0.3) is 5.91 Å². The number of carbonyl (C=O) groups is 2. The van der Waals surface area contributed by atoms with Crippen molar-refractivity contribution in [3.05, 3.63) is 45.9 Å². The number of ether oxygens (including phenoxy) is 1. The zero-order valence-corrected chi connectivity index (χ0v) is 13.3. The van der Waals surface area contributed by atoms with Gasteiger partial charge in [-0.2, -0.15) is 4.39 Å². The Kier molecular flexibility index (Phi) is 5.27. The van der Waals surface area contributed by atoms with Gasteiger partial charge in [0.2, 0.25) is 17.6 Å². The third-order valence-electron chi connectivity index (χ3n) is 3.07. The summed E-state index contributed by atoms with van der Waals surface area (Å²) in [5.41, 5.74) is -0.580. The smallest absolute Gasteiger partial charge is 0.306 e. The molecule has 2 amide bonds. The number of carbonyl (C=O) groups excluding carboxylic acids is 2. The molecule has 0 bridgehead atoms. The minimum atomic E-state index is -1.01. The molecule has 10 nitrogen and oxygen atoms in total. The van der Waals surface area contributed by atoms with Gasteiger partial charge in [0.05, 0.1) is 18.6 Å². The number of hydrogen-bond acceptors (Lipinski definition) is 6. The van der Waals surface area contributed by atoms with Crippen LogP contribution in [-0.2, 0) is 11.8 Å². The number of amides is 2. The van der Waals surface area contributed by atoms with Gasteiger partial charge in [0.15, 0.2) is 0 Å². The summed E-state index contributed by atoms with van der Waals surface area (Å²) in [6.07, 6.45) is 1.43. The van der Waals surface area contributed by atoms with Crippen LogP contribution >= 0.6 is 0 Å². The second-order valence-electron chi connectivity index (χ2n) is 4.88. The van der Waals surface area contributed by atoms with E-state index in [-0.39, 0.29) is 17.1 Å². The van der Waals surface area contributed by atoms with Crippen LogP contribution in [0.5, 0.6) is 5.88 Å². The predicted molar refractivity (Wildman–Crippen MR) is 83.8 cm³/mol. The highest BCUT2D eigenvalue weighted by Crippen LogP contribution is 2.21. The van der Waals surface area contributed by atoms with Crippen molar-refractivity contribution in [3.8, 4) is 5.88 Å². The maximum absolute atomic E-state index is 13.2. The SMILES string of the molecule is COc1nn(C)cc1C(=O)NCC(=O)Nc1ccc(F)c([N+](=O)[O-])c1. The number of methoxy groups -OCH3 is 1. The Morgan fingerprint density at radius 1 is 1.44 bits per heavy atom. The first-order valence-electron chi connectivity index (χ1n) is 6.91. The summed E-state index contributed by atoms with van der Waals surface area (Å²) in [6, 6.07) is 2.93. The summed E-state index contributed by atoms with van der Waals surface area (Å²) in [6.45, 7) is -0.401. The Balaban J connectivity index is 1.98. The normalized spacial score (nSPS) is 10.2. The molecule has 0 spiro atoms. The van der Waals surface area contributed by atoms with Crippen LogP contribution in [0.15, 0.2) is 24.4 Å². The topological polar surface area (TPSA) is 128 Å². The highest BCUT2D eigenvalue weighted by Gasteiger charge is 2.18. The van der Waals surface area contributed by atoms with Gasteiger partial charge < -0.3 is 15.4 Å². The molecule has 25 heavy (non-hydrogen) atoms. The van der Waals surface area contributed by atoms with Gasteiger partial charge in [0.1, 0.15) is 5.56 Å². The van der Waals surface area contributed by atoms with E-state index < -0.39 is 34.8 Å². The van der Waals surface area contributed by atoms with Gasteiger partial charge in [-0.05, 0) is 12.1 Å². The van der Waals surface area contributed by atoms with Crippen LogP contribution in [0.3, 0.4) is 0 Å². The largest absolute Gasteiger partial charge is 0.479 e. The molecule has 0 aliphatic rings. The Hall–Kier alpha value is -3.50. The number of nitro benzene ring substituents is 1. The standard InChI is InChI=1S/C14H14FN5O5/c1-19-7-9(14(18-19)25-2)13(22)16-6-12(21)17-8-3-4-10(15)11(5-8)20(23)24/h3-5,7H,6H2,1-2H3,(H,16,22)(H,17,21). The lowest BCUT2D eigenvalue weighted by Crippen LogP contribution is -2.32. The number of rotatable bonds is 6. The summed E-state index contributed by atoms with van der Waals surface area (Å²) in [5, 5.41) is 19.3. The molecule has 2 rings (SSSR count). The third kappa shape index (κ3) is 4.28. The molecular formula is C14H14FN5O5. The molecule has 1 aromatic heterocycles. The van der Waals surface area contributed by atoms with Gasteiger partial charge in [-0.3, -0.25) is 24.4 Å². The van der Waals surface area contributed by atoms with Gasteiger partial charge in [-0.15, -0.1) is 5.10 Å². The first kappa shape index (κ1) is 17.8. The molecule has 11 heteroatoms. The van der Waals surface area contributed by atoms with E-state index in [1.807, 2.05) is 0 Å². The number of aromatic nitrogens is 2. The fourth-order valence-electron chi connectivity index (χ4n) is 1.97. The van der Waals surface area contributed by atoms with Crippen molar-refractivity contribution in [1.29, 1.82) is 0 Å². The van der Waals surface area contributed by atoms with Crippen LogP contribution in [-0.4, -0.2) is 40.2 Å². The molecule has 0 atom stereocenters. The Bertz CT molecular complexity index is 835. The monoisotopic (exact) mass is 351 g/mol. The molecule has 0 radical (unpaired) electrons. The van der Waals surface area contributed by atoms with Crippen LogP contribution in [0, 0.1) is 15.9 Å². The van der Waals surface area contributed by atoms with Crippen LogP contribution < -0.4 is 15.4 Å². The third-order valence-corrected chi connectivity index (χ3v) is 3.07. The summed E-state index contributed by atoms with van der Waals surface area (Å²) in [7, 11) is 2.96. The number of benzene rings is 1. The van der Waals surface area contributed by atoms with Gasteiger partial charge >= 0.3 is 5.69 Å². The molecule has 0 saturated heterocycles.